The largest absolute Gasteiger partial charge is 0.309 e. The fourth-order valence-electron chi connectivity index (χ4n) is 7.16. The molecule has 0 N–H and O–H groups in total. The van der Waals surface area contributed by atoms with Crippen LogP contribution in [0.2, 0.25) is 0 Å². The predicted molar refractivity (Wildman–Crippen MR) is 209 cm³/mol. The summed E-state index contributed by atoms with van der Waals surface area (Å²) in [5.74, 6) is 1.98. The number of nitrogens with zero attached hydrogens (tertiary/aromatic N) is 4. The van der Waals surface area contributed by atoms with Crippen LogP contribution in [0.25, 0.3) is 93.0 Å². The van der Waals surface area contributed by atoms with E-state index in [-0.39, 0.29) is 0 Å². The average molecular weight is 657 g/mol. The van der Waals surface area contributed by atoms with Crippen molar-refractivity contribution in [3.8, 4) is 51.0 Å². The monoisotopic (exact) mass is 656 g/mol. The molecule has 0 spiro atoms. The fourth-order valence-corrected chi connectivity index (χ4v) is 8.37. The number of hydrogen-bond donors (Lipinski definition) is 0. The molecular weight excluding hydrogens is 629 g/mol. The number of thiophene rings is 1. The normalized spacial score (nSPS) is 11.6. The van der Waals surface area contributed by atoms with Gasteiger partial charge in [-0.15, -0.1) is 11.3 Å². The van der Waals surface area contributed by atoms with E-state index in [1.807, 2.05) is 18.2 Å². The maximum absolute atomic E-state index is 5.13. The first-order valence-electron chi connectivity index (χ1n) is 16.7. The molecule has 3 aromatic heterocycles. The number of rotatable bonds is 5. The highest BCUT2D eigenvalue weighted by Gasteiger charge is 2.18. The van der Waals surface area contributed by atoms with Crippen LogP contribution in [-0.2, 0) is 0 Å². The maximum atomic E-state index is 5.13. The molecule has 5 heteroatoms. The van der Waals surface area contributed by atoms with Gasteiger partial charge in [-0.05, 0) is 35.9 Å². The van der Waals surface area contributed by atoms with Gasteiger partial charge in [0.25, 0.3) is 0 Å². The van der Waals surface area contributed by atoms with Crippen molar-refractivity contribution in [2.75, 3.05) is 0 Å². The van der Waals surface area contributed by atoms with Gasteiger partial charge in [0.05, 0.1) is 16.7 Å². The minimum Gasteiger partial charge on any atom is -0.309 e. The van der Waals surface area contributed by atoms with Gasteiger partial charge in [0.1, 0.15) is 0 Å². The first kappa shape index (κ1) is 28.6. The molecule has 0 atom stereocenters. The van der Waals surface area contributed by atoms with Crippen LogP contribution >= 0.6 is 11.3 Å². The van der Waals surface area contributed by atoms with Crippen LogP contribution in [0.1, 0.15) is 0 Å². The van der Waals surface area contributed by atoms with Crippen LogP contribution < -0.4 is 0 Å². The van der Waals surface area contributed by atoms with E-state index in [4.69, 9.17) is 15.0 Å². The summed E-state index contributed by atoms with van der Waals surface area (Å²) in [6.45, 7) is 0. The Morgan fingerprint density at radius 1 is 0.360 bits per heavy atom. The summed E-state index contributed by atoms with van der Waals surface area (Å²) in [4.78, 5) is 15.2. The lowest BCUT2D eigenvalue weighted by Crippen LogP contribution is -2.00. The van der Waals surface area contributed by atoms with Gasteiger partial charge in [0.15, 0.2) is 17.5 Å². The molecule has 0 aliphatic heterocycles. The number of para-hydroxylation sites is 3. The minimum absolute atomic E-state index is 0.647. The quantitative estimate of drug-likeness (QED) is 0.185. The molecule has 3 heterocycles. The highest BCUT2D eigenvalue weighted by Crippen LogP contribution is 2.40. The van der Waals surface area contributed by atoms with Gasteiger partial charge < -0.3 is 4.57 Å². The SMILES string of the molecule is c1ccc(-c2nc(-c3ccc(-c4ccccc4-n4c5ccccc5c5ccccc54)cc3)nc(-c3cccc4c3sc3ccccc34)n2)cc1. The molecule has 10 rings (SSSR count). The molecular formula is C45H28N4S. The van der Waals surface area contributed by atoms with Crippen LogP contribution in [0.15, 0.2) is 170 Å². The predicted octanol–water partition coefficient (Wildman–Crippen LogP) is 12.0. The van der Waals surface area contributed by atoms with E-state index in [9.17, 15) is 0 Å². The molecule has 0 amide bonds. The molecule has 50 heavy (non-hydrogen) atoms. The molecule has 0 aliphatic carbocycles. The topological polar surface area (TPSA) is 43.6 Å². The first-order chi connectivity index (χ1) is 24.8. The number of aromatic nitrogens is 4. The third-order valence-electron chi connectivity index (χ3n) is 9.49. The molecule has 234 valence electrons. The Morgan fingerprint density at radius 3 is 1.62 bits per heavy atom. The molecule has 7 aromatic carbocycles. The third kappa shape index (κ3) is 4.63. The second kappa shape index (κ2) is 11.6. The Morgan fingerprint density at radius 2 is 0.880 bits per heavy atom. The van der Waals surface area contributed by atoms with Gasteiger partial charge in [-0.1, -0.05) is 140 Å². The molecule has 0 saturated heterocycles. The van der Waals surface area contributed by atoms with Crippen molar-refractivity contribution in [3.63, 3.8) is 0 Å². The van der Waals surface area contributed by atoms with Crippen molar-refractivity contribution < 1.29 is 0 Å². The lowest BCUT2D eigenvalue weighted by Gasteiger charge is -2.14. The molecule has 0 bridgehead atoms. The molecule has 0 aliphatic rings. The van der Waals surface area contributed by atoms with Crippen molar-refractivity contribution in [2.24, 2.45) is 0 Å². The molecule has 4 nitrogen and oxygen atoms in total. The lowest BCUT2D eigenvalue weighted by molar-refractivity contribution is 1.08. The number of hydrogen-bond acceptors (Lipinski definition) is 4. The Balaban J connectivity index is 1.11. The summed E-state index contributed by atoms with van der Waals surface area (Å²) in [5.41, 5.74) is 8.71. The Kier molecular flexibility index (Phi) is 6.64. The average Bonchev–Trinajstić information content (AvgIpc) is 3.74. The van der Waals surface area contributed by atoms with Gasteiger partial charge in [0.2, 0.25) is 0 Å². The number of fused-ring (bicyclic) bond motifs is 6. The first-order valence-corrected chi connectivity index (χ1v) is 17.5. The highest BCUT2D eigenvalue weighted by atomic mass is 32.1. The summed E-state index contributed by atoms with van der Waals surface area (Å²) >= 11 is 1.78. The lowest BCUT2D eigenvalue weighted by atomic mass is 10.0. The van der Waals surface area contributed by atoms with E-state index in [1.165, 1.54) is 42.0 Å². The van der Waals surface area contributed by atoms with E-state index < -0.39 is 0 Å². The van der Waals surface area contributed by atoms with E-state index in [1.54, 1.807) is 11.3 Å². The van der Waals surface area contributed by atoms with Crippen LogP contribution in [-0.4, -0.2) is 19.5 Å². The maximum Gasteiger partial charge on any atom is 0.165 e. The van der Waals surface area contributed by atoms with Gasteiger partial charge in [-0.3, -0.25) is 0 Å². The molecule has 0 unspecified atom stereocenters. The summed E-state index contributed by atoms with van der Waals surface area (Å²) in [6.07, 6.45) is 0. The fraction of sp³-hybridized carbons (Fsp3) is 0. The summed E-state index contributed by atoms with van der Waals surface area (Å²) in [6, 6.07) is 59.7. The van der Waals surface area contributed by atoms with E-state index in [2.05, 4.69) is 156 Å². The van der Waals surface area contributed by atoms with Crippen molar-refractivity contribution in [1.29, 1.82) is 0 Å². The Bertz CT molecular complexity index is 2810. The summed E-state index contributed by atoms with van der Waals surface area (Å²) in [5, 5.41) is 4.97. The molecule has 10 aromatic rings. The van der Waals surface area contributed by atoms with Crippen molar-refractivity contribution >= 4 is 53.3 Å². The second-order valence-electron chi connectivity index (χ2n) is 12.4. The van der Waals surface area contributed by atoms with E-state index >= 15 is 0 Å². The summed E-state index contributed by atoms with van der Waals surface area (Å²) < 4.78 is 4.82. The Hall–Kier alpha value is -6.43. The van der Waals surface area contributed by atoms with E-state index in [0.29, 0.717) is 17.5 Å². The zero-order valence-corrected chi connectivity index (χ0v) is 27.7. The van der Waals surface area contributed by atoms with Gasteiger partial charge in [-0.2, -0.15) is 0 Å². The van der Waals surface area contributed by atoms with E-state index in [0.717, 1.165) is 33.5 Å². The highest BCUT2D eigenvalue weighted by molar-refractivity contribution is 7.26. The van der Waals surface area contributed by atoms with Gasteiger partial charge >= 0.3 is 0 Å². The Labute approximate surface area is 292 Å². The van der Waals surface area contributed by atoms with Crippen molar-refractivity contribution in [3.05, 3.63) is 170 Å². The van der Waals surface area contributed by atoms with Crippen LogP contribution in [0.4, 0.5) is 0 Å². The number of benzene rings is 7. The third-order valence-corrected chi connectivity index (χ3v) is 10.7. The van der Waals surface area contributed by atoms with Crippen molar-refractivity contribution in [2.45, 2.75) is 0 Å². The second-order valence-corrected chi connectivity index (χ2v) is 13.5. The smallest absolute Gasteiger partial charge is 0.165 e. The minimum atomic E-state index is 0.647. The van der Waals surface area contributed by atoms with Gasteiger partial charge in [0, 0.05) is 53.2 Å². The van der Waals surface area contributed by atoms with Crippen LogP contribution in [0, 0.1) is 0 Å². The van der Waals surface area contributed by atoms with Crippen molar-refractivity contribution in [1.82, 2.24) is 19.5 Å². The van der Waals surface area contributed by atoms with Crippen LogP contribution in [0.5, 0.6) is 0 Å². The molecule has 0 fully saturated rings. The molecule has 0 saturated carbocycles. The van der Waals surface area contributed by atoms with Crippen LogP contribution in [0.3, 0.4) is 0 Å². The molecule has 0 radical (unpaired) electrons. The zero-order valence-electron chi connectivity index (χ0n) is 26.9. The van der Waals surface area contributed by atoms with Gasteiger partial charge in [-0.25, -0.2) is 15.0 Å². The zero-order chi connectivity index (χ0) is 33.0. The standard InChI is InChI=1S/C45H28N4S/c1-2-13-30(14-3-1)43-46-44(48-45(47-43)37-20-12-19-36-35-18-7-11-24-41(35)50-42(36)37)31-27-25-29(26-28-31)32-15-4-8-21-38(32)49-39-22-9-5-16-33(39)34-17-6-10-23-40(34)49/h1-28H. The summed E-state index contributed by atoms with van der Waals surface area (Å²) in [7, 11) is 0.